The molecule has 3 aromatic rings. The molecule has 3 rings (SSSR count). The average molecular weight is 443 g/mol. The SMILES string of the molecule is CC(C)Oc1cccc(C(C)NC(=O)c2ccc(Cl)c(NC(=O)c3cccs3)c2)c1. The monoisotopic (exact) mass is 442 g/mol. The Morgan fingerprint density at radius 1 is 1.00 bits per heavy atom. The van der Waals surface area contributed by atoms with E-state index >= 15 is 0 Å². The number of hydrogen-bond donors (Lipinski definition) is 2. The highest BCUT2D eigenvalue weighted by molar-refractivity contribution is 7.12. The third-order valence-electron chi connectivity index (χ3n) is 4.30. The van der Waals surface area contributed by atoms with E-state index in [0.717, 1.165) is 11.3 Å². The molecule has 7 heteroatoms. The number of amides is 2. The van der Waals surface area contributed by atoms with Gasteiger partial charge in [-0.2, -0.15) is 0 Å². The highest BCUT2D eigenvalue weighted by Gasteiger charge is 2.15. The van der Waals surface area contributed by atoms with Crippen LogP contribution in [-0.4, -0.2) is 17.9 Å². The van der Waals surface area contributed by atoms with E-state index < -0.39 is 0 Å². The summed E-state index contributed by atoms with van der Waals surface area (Å²) in [6, 6.07) is 15.7. The molecule has 1 atom stereocenters. The number of hydrogen-bond acceptors (Lipinski definition) is 4. The molecule has 2 aromatic carbocycles. The van der Waals surface area contributed by atoms with Crippen molar-refractivity contribution < 1.29 is 14.3 Å². The summed E-state index contributed by atoms with van der Waals surface area (Å²) < 4.78 is 5.72. The van der Waals surface area contributed by atoms with Crippen molar-refractivity contribution >= 4 is 40.4 Å². The summed E-state index contributed by atoms with van der Waals surface area (Å²) in [6.45, 7) is 5.84. The van der Waals surface area contributed by atoms with Gasteiger partial charge in [0, 0.05) is 5.56 Å². The van der Waals surface area contributed by atoms with E-state index in [1.54, 1.807) is 30.3 Å². The first kappa shape index (κ1) is 21.9. The zero-order valence-electron chi connectivity index (χ0n) is 16.9. The number of anilines is 1. The highest BCUT2D eigenvalue weighted by atomic mass is 35.5. The topological polar surface area (TPSA) is 67.4 Å². The van der Waals surface area contributed by atoms with Crippen molar-refractivity contribution in [2.45, 2.75) is 32.9 Å². The first-order valence-electron chi connectivity index (χ1n) is 9.55. The molecular formula is C23H23ClN2O3S. The Morgan fingerprint density at radius 3 is 2.50 bits per heavy atom. The molecule has 0 radical (unpaired) electrons. The number of carbonyl (C=O) groups is 2. The van der Waals surface area contributed by atoms with Gasteiger partial charge >= 0.3 is 0 Å². The maximum absolute atomic E-state index is 12.8. The van der Waals surface area contributed by atoms with Crippen molar-refractivity contribution in [3.05, 3.63) is 81.0 Å². The molecule has 1 heterocycles. The summed E-state index contributed by atoms with van der Waals surface area (Å²) in [5.41, 5.74) is 1.73. The van der Waals surface area contributed by atoms with Gasteiger partial charge in [0.1, 0.15) is 5.75 Å². The molecule has 156 valence electrons. The van der Waals surface area contributed by atoms with Gasteiger partial charge in [0.05, 0.1) is 27.7 Å². The van der Waals surface area contributed by atoms with Crippen molar-refractivity contribution in [2.75, 3.05) is 5.32 Å². The van der Waals surface area contributed by atoms with Crippen LogP contribution in [0.15, 0.2) is 60.0 Å². The Morgan fingerprint density at radius 2 is 1.80 bits per heavy atom. The Bertz CT molecular complexity index is 1030. The van der Waals surface area contributed by atoms with E-state index in [1.807, 2.05) is 50.4 Å². The molecule has 0 saturated heterocycles. The summed E-state index contributed by atoms with van der Waals surface area (Å²) in [5.74, 6) is 0.231. The van der Waals surface area contributed by atoms with Gasteiger partial charge in [-0.3, -0.25) is 9.59 Å². The molecule has 0 spiro atoms. The molecule has 2 N–H and O–H groups in total. The van der Waals surface area contributed by atoms with Gasteiger partial charge in [-0.05, 0) is 68.1 Å². The minimum atomic E-state index is -0.264. The second-order valence-corrected chi connectivity index (χ2v) is 8.42. The van der Waals surface area contributed by atoms with Gasteiger partial charge in [-0.15, -0.1) is 11.3 Å². The number of carbonyl (C=O) groups excluding carboxylic acids is 2. The maximum atomic E-state index is 12.8. The van der Waals surface area contributed by atoms with Crippen LogP contribution in [0.25, 0.3) is 0 Å². The van der Waals surface area contributed by atoms with Gasteiger partial charge in [0.15, 0.2) is 0 Å². The first-order valence-corrected chi connectivity index (χ1v) is 10.8. The van der Waals surface area contributed by atoms with E-state index in [-0.39, 0.29) is 24.0 Å². The van der Waals surface area contributed by atoms with Crippen LogP contribution in [0.1, 0.15) is 52.4 Å². The van der Waals surface area contributed by atoms with Crippen LogP contribution in [0.2, 0.25) is 5.02 Å². The van der Waals surface area contributed by atoms with Crippen LogP contribution in [0.5, 0.6) is 5.75 Å². The third-order valence-corrected chi connectivity index (χ3v) is 5.50. The number of ether oxygens (including phenoxy) is 1. The second-order valence-electron chi connectivity index (χ2n) is 7.06. The number of halogens is 1. The van der Waals surface area contributed by atoms with Gasteiger partial charge in [-0.25, -0.2) is 0 Å². The van der Waals surface area contributed by atoms with Crippen molar-refractivity contribution in [3.63, 3.8) is 0 Å². The van der Waals surface area contributed by atoms with Crippen molar-refractivity contribution in [2.24, 2.45) is 0 Å². The Balaban J connectivity index is 1.71. The molecule has 1 unspecified atom stereocenters. The second kappa shape index (κ2) is 9.78. The van der Waals surface area contributed by atoms with Gasteiger partial charge in [0.25, 0.3) is 11.8 Å². The van der Waals surface area contributed by atoms with Crippen LogP contribution >= 0.6 is 22.9 Å². The summed E-state index contributed by atoms with van der Waals surface area (Å²) in [7, 11) is 0. The van der Waals surface area contributed by atoms with Crippen molar-refractivity contribution in [1.82, 2.24) is 5.32 Å². The Hall–Kier alpha value is -2.83. The molecule has 5 nitrogen and oxygen atoms in total. The molecule has 1 aromatic heterocycles. The first-order chi connectivity index (χ1) is 14.3. The lowest BCUT2D eigenvalue weighted by Crippen LogP contribution is -2.26. The molecular weight excluding hydrogens is 420 g/mol. The fourth-order valence-electron chi connectivity index (χ4n) is 2.85. The number of rotatable bonds is 7. The summed E-state index contributed by atoms with van der Waals surface area (Å²) in [4.78, 5) is 25.6. The molecule has 30 heavy (non-hydrogen) atoms. The van der Waals surface area contributed by atoms with Gasteiger partial charge in [0.2, 0.25) is 0 Å². The smallest absolute Gasteiger partial charge is 0.265 e. The van der Waals surface area contributed by atoms with Crippen LogP contribution in [0.3, 0.4) is 0 Å². The van der Waals surface area contributed by atoms with Crippen LogP contribution in [0.4, 0.5) is 5.69 Å². The molecule has 0 bridgehead atoms. The lowest BCUT2D eigenvalue weighted by molar-refractivity contribution is 0.0938. The molecule has 2 amide bonds. The molecule has 0 aliphatic rings. The lowest BCUT2D eigenvalue weighted by Gasteiger charge is -2.17. The number of benzene rings is 2. The lowest BCUT2D eigenvalue weighted by atomic mass is 10.1. The van der Waals surface area contributed by atoms with Crippen molar-refractivity contribution in [1.29, 1.82) is 0 Å². The van der Waals surface area contributed by atoms with E-state index in [2.05, 4.69) is 10.6 Å². The maximum Gasteiger partial charge on any atom is 0.265 e. The molecule has 0 saturated carbocycles. The molecule has 0 aliphatic carbocycles. The van der Waals surface area contributed by atoms with Crippen LogP contribution in [-0.2, 0) is 0 Å². The standard InChI is InChI=1S/C23H23ClN2O3S/c1-14(2)29-18-7-4-6-16(12-18)15(3)25-22(27)17-9-10-19(24)20(13-17)26-23(28)21-8-5-11-30-21/h4-15H,1-3H3,(H,25,27)(H,26,28). The predicted molar refractivity (Wildman–Crippen MR) is 122 cm³/mol. The van der Waals surface area contributed by atoms with E-state index in [0.29, 0.717) is 21.2 Å². The fourth-order valence-corrected chi connectivity index (χ4v) is 3.63. The zero-order valence-corrected chi connectivity index (χ0v) is 18.5. The van der Waals surface area contributed by atoms with E-state index in [4.69, 9.17) is 16.3 Å². The summed E-state index contributed by atoms with van der Waals surface area (Å²) in [6.07, 6.45) is 0.0713. The van der Waals surface area contributed by atoms with Crippen LogP contribution < -0.4 is 15.4 Å². The predicted octanol–water partition coefficient (Wildman–Crippen LogP) is 5.93. The highest BCUT2D eigenvalue weighted by Crippen LogP contribution is 2.25. The van der Waals surface area contributed by atoms with E-state index in [9.17, 15) is 9.59 Å². The summed E-state index contributed by atoms with van der Waals surface area (Å²) >= 11 is 7.54. The minimum Gasteiger partial charge on any atom is -0.491 e. The largest absolute Gasteiger partial charge is 0.491 e. The Labute approximate surface area is 185 Å². The summed E-state index contributed by atoms with van der Waals surface area (Å²) in [5, 5.41) is 7.92. The van der Waals surface area contributed by atoms with Crippen LogP contribution in [0, 0.1) is 0 Å². The third kappa shape index (κ3) is 5.62. The average Bonchev–Trinajstić information content (AvgIpc) is 3.24. The number of nitrogens with one attached hydrogen (secondary N) is 2. The minimum absolute atomic E-state index is 0.0713. The molecule has 0 fully saturated rings. The number of thiophene rings is 1. The van der Waals surface area contributed by atoms with Gasteiger partial charge in [-0.1, -0.05) is 29.8 Å². The molecule has 0 aliphatic heterocycles. The fraction of sp³-hybridized carbons (Fsp3) is 0.217. The quantitative estimate of drug-likeness (QED) is 0.476. The van der Waals surface area contributed by atoms with E-state index in [1.165, 1.54) is 11.3 Å². The van der Waals surface area contributed by atoms with Crippen molar-refractivity contribution in [3.8, 4) is 5.75 Å². The zero-order chi connectivity index (χ0) is 21.7. The normalized spacial score (nSPS) is 11.8. The Kier molecular flexibility index (Phi) is 7.13. The van der Waals surface area contributed by atoms with Gasteiger partial charge < -0.3 is 15.4 Å².